The Hall–Kier alpha value is -1.02. The average Bonchev–Trinajstić information content (AvgIpc) is 2.63. The summed E-state index contributed by atoms with van der Waals surface area (Å²) in [5.41, 5.74) is 8.73. The van der Waals surface area contributed by atoms with E-state index in [0.717, 1.165) is 18.8 Å². The zero-order valence-electron chi connectivity index (χ0n) is 8.79. The molecule has 2 heteroatoms. The van der Waals surface area contributed by atoms with Crippen molar-refractivity contribution in [2.24, 2.45) is 11.7 Å². The van der Waals surface area contributed by atoms with Gasteiger partial charge in [0.1, 0.15) is 5.75 Å². The lowest BCUT2D eigenvalue weighted by atomic mass is 9.92. The number of ether oxygens (including phenoxy) is 1. The van der Waals surface area contributed by atoms with Crippen molar-refractivity contribution >= 4 is 0 Å². The Labute approximate surface area is 85.1 Å². The van der Waals surface area contributed by atoms with Crippen LogP contribution in [0.5, 0.6) is 5.75 Å². The predicted molar refractivity (Wildman–Crippen MR) is 57.4 cm³/mol. The van der Waals surface area contributed by atoms with Gasteiger partial charge in [-0.25, -0.2) is 0 Å². The lowest BCUT2D eigenvalue weighted by Crippen LogP contribution is -2.18. The summed E-state index contributed by atoms with van der Waals surface area (Å²) in [5, 5.41) is 0. The molecule has 14 heavy (non-hydrogen) atoms. The second-order valence-corrected chi connectivity index (χ2v) is 4.19. The van der Waals surface area contributed by atoms with Crippen LogP contribution in [0.25, 0.3) is 0 Å². The minimum atomic E-state index is 0.131. The van der Waals surface area contributed by atoms with Crippen molar-refractivity contribution in [2.45, 2.75) is 26.3 Å². The number of benzene rings is 1. The number of hydrogen-bond acceptors (Lipinski definition) is 2. The third kappa shape index (κ3) is 1.50. The molecular formula is C12H17NO. The number of nitrogens with two attached hydrogens (primary N) is 1. The van der Waals surface area contributed by atoms with Crippen molar-refractivity contribution in [3.8, 4) is 5.75 Å². The molecule has 0 bridgehead atoms. The van der Waals surface area contributed by atoms with Gasteiger partial charge in [0.25, 0.3) is 0 Å². The molecule has 0 saturated carbocycles. The van der Waals surface area contributed by atoms with Crippen LogP contribution < -0.4 is 10.5 Å². The molecule has 2 N–H and O–H groups in total. The van der Waals surface area contributed by atoms with E-state index in [0.29, 0.717) is 5.92 Å². The van der Waals surface area contributed by atoms with Gasteiger partial charge in [0, 0.05) is 18.0 Å². The Bertz CT molecular complexity index is 333. The first kappa shape index (κ1) is 9.53. The fraction of sp³-hybridized carbons (Fsp3) is 0.500. The monoisotopic (exact) mass is 191 g/mol. The van der Waals surface area contributed by atoms with Crippen molar-refractivity contribution in [2.75, 3.05) is 6.61 Å². The van der Waals surface area contributed by atoms with Crippen molar-refractivity contribution in [1.82, 2.24) is 0 Å². The molecular weight excluding hydrogens is 174 g/mol. The SMILES string of the molecule is CC(C)[C@H](N)c1cccc2c1CCO2. The molecule has 1 aliphatic heterocycles. The molecule has 0 unspecified atom stereocenters. The van der Waals surface area contributed by atoms with Crippen LogP contribution in [-0.4, -0.2) is 6.61 Å². The standard InChI is InChI=1S/C12H17NO/c1-8(2)12(13)10-4-3-5-11-9(10)6-7-14-11/h3-5,8,12H,6-7,13H2,1-2H3/t12-/m0/s1. The lowest BCUT2D eigenvalue weighted by Gasteiger charge is -2.18. The van der Waals surface area contributed by atoms with Crippen LogP contribution in [-0.2, 0) is 6.42 Å². The third-order valence-corrected chi connectivity index (χ3v) is 2.86. The summed E-state index contributed by atoms with van der Waals surface area (Å²) in [7, 11) is 0. The van der Waals surface area contributed by atoms with E-state index in [9.17, 15) is 0 Å². The van der Waals surface area contributed by atoms with Crippen molar-refractivity contribution in [1.29, 1.82) is 0 Å². The minimum absolute atomic E-state index is 0.131. The summed E-state index contributed by atoms with van der Waals surface area (Å²) in [4.78, 5) is 0. The van der Waals surface area contributed by atoms with Crippen molar-refractivity contribution < 1.29 is 4.74 Å². The van der Waals surface area contributed by atoms with E-state index in [4.69, 9.17) is 10.5 Å². The van der Waals surface area contributed by atoms with E-state index in [1.54, 1.807) is 0 Å². The van der Waals surface area contributed by atoms with Gasteiger partial charge in [0.2, 0.25) is 0 Å². The second-order valence-electron chi connectivity index (χ2n) is 4.19. The molecule has 1 aliphatic rings. The Balaban J connectivity index is 2.39. The maximum Gasteiger partial charge on any atom is 0.122 e. The molecule has 1 aromatic rings. The van der Waals surface area contributed by atoms with E-state index in [-0.39, 0.29) is 6.04 Å². The average molecular weight is 191 g/mol. The highest BCUT2D eigenvalue weighted by molar-refractivity contribution is 5.44. The molecule has 0 amide bonds. The summed E-state index contributed by atoms with van der Waals surface area (Å²) in [5.74, 6) is 1.50. The van der Waals surface area contributed by atoms with E-state index in [1.807, 2.05) is 12.1 Å². The van der Waals surface area contributed by atoms with Crippen LogP contribution in [0.2, 0.25) is 0 Å². The fourth-order valence-electron chi connectivity index (χ4n) is 1.92. The smallest absolute Gasteiger partial charge is 0.122 e. The summed E-state index contributed by atoms with van der Waals surface area (Å²) in [6, 6.07) is 6.31. The van der Waals surface area contributed by atoms with Gasteiger partial charge in [-0.05, 0) is 17.5 Å². The van der Waals surface area contributed by atoms with Gasteiger partial charge in [-0.2, -0.15) is 0 Å². The normalized spacial score (nSPS) is 16.6. The molecule has 76 valence electrons. The Morgan fingerprint density at radius 3 is 2.86 bits per heavy atom. The van der Waals surface area contributed by atoms with Crippen LogP contribution in [0.1, 0.15) is 31.0 Å². The molecule has 2 nitrogen and oxygen atoms in total. The molecule has 0 aromatic heterocycles. The molecule has 0 saturated heterocycles. The van der Waals surface area contributed by atoms with E-state index in [1.165, 1.54) is 11.1 Å². The van der Waals surface area contributed by atoms with Crippen LogP contribution in [0.3, 0.4) is 0 Å². The highest BCUT2D eigenvalue weighted by atomic mass is 16.5. The number of hydrogen-bond donors (Lipinski definition) is 1. The van der Waals surface area contributed by atoms with Gasteiger partial charge < -0.3 is 10.5 Å². The Morgan fingerprint density at radius 2 is 2.14 bits per heavy atom. The van der Waals surface area contributed by atoms with Crippen LogP contribution >= 0.6 is 0 Å². The fourth-order valence-corrected chi connectivity index (χ4v) is 1.92. The molecule has 1 aromatic carbocycles. The maximum atomic E-state index is 6.16. The highest BCUT2D eigenvalue weighted by Gasteiger charge is 2.20. The number of fused-ring (bicyclic) bond motifs is 1. The van der Waals surface area contributed by atoms with Crippen molar-refractivity contribution in [3.63, 3.8) is 0 Å². The van der Waals surface area contributed by atoms with Gasteiger partial charge in [0.15, 0.2) is 0 Å². The quantitative estimate of drug-likeness (QED) is 0.778. The zero-order chi connectivity index (χ0) is 10.1. The minimum Gasteiger partial charge on any atom is -0.493 e. The van der Waals surface area contributed by atoms with Crippen molar-refractivity contribution in [3.05, 3.63) is 29.3 Å². The summed E-state index contributed by atoms with van der Waals surface area (Å²) < 4.78 is 5.51. The predicted octanol–water partition coefficient (Wildman–Crippen LogP) is 2.28. The van der Waals surface area contributed by atoms with Gasteiger partial charge in [-0.3, -0.25) is 0 Å². The first-order chi connectivity index (χ1) is 6.70. The highest BCUT2D eigenvalue weighted by Crippen LogP contribution is 2.32. The Morgan fingerprint density at radius 1 is 1.36 bits per heavy atom. The molecule has 0 radical (unpaired) electrons. The van der Waals surface area contributed by atoms with Crippen LogP contribution in [0.4, 0.5) is 0 Å². The van der Waals surface area contributed by atoms with Crippen LogP contribution in [0.15, 0.2) is 18.2 Å². The first-order valence-electron chi connectivity index (χ1n) is 5.20. The van der Waals surface area contributed by atoms with E-state index in [2.05, 4.69) is 19.9 Å². The molecule has 0 fully saturated rings. The van der Waals surface area contributed by atoms with Crippen LogP contribution in [0, 0.1) is 5.92 Å². The van der Waals surface area contributed by atoms with E-state index >= 15 is 0 Å². The largest absolute Gasteiger partial charge is 0.493 e. The number of rotatable bonds is 2. The zero-order valence-corrected chi connectivity index (χ0v) is 8.79. The first-order valence-corrected chi connectivity index (χ1v) is 5.20. The molecule has 1 heterocycles. The van der Waals surface area contributed by atoms with Gasteiger partial charge in [-0.15, -0.1) is 0 Å². The molecule has 0 spiro atoms. The third-order valence-electron chi connectivity index (χ3n) is 2.86. The maximum absolute atomic E-state index is 6.16. The second kappa shape index (κ2) is 3.62. The molecule has 0 aliphatic carbocycles. The molecule has 2 rings (SSSR count). The summed E-state index contributed by atoms with van der Waals surface area (Å²) in [6.07, 6.45) is 1.01. The van der Waals surface area contributed by atoms with E-state index < -0.39 is 0 Å². The lowest BCUT2D eigenvalue weighted by molar-refractivity contribution is 0.357. The van der Waals surface area contributed by atoms with Gasteiger partial charge in [0.05, 0.1) is 6.61 Å². The molecule has 1 atom stereocenters. The Kier molecular flexibility index (Phi) is 2.46. The summed E-state index contributed by atoms with van der Waals surface area (Å²) in [6.45, 7) is 5.11. The van der Waals surface area contributed by atoms with Gasteiger partial charge in [-0.1, -0.05) is 26.0 Å². The summed E-state index contributed by atoms with van der Waals surface area (Å²) >= 11 is 0. The van der Waals surface area contributed by atoms with Gasteiger partial charge >= 0.3 is 0 Å². The topological polar surface area (TPSA) is 35.2 Å².